The average molecular weight is 473 g/mol. The van der Waals surface area contributed by atoms with E-state index < -0.39 is 35.1 Å². The third-order valence-corrected chi connectivity index (χ3v) is 4.71. The van der Waals surface area contributed by atoms with Crippen LogP contribution in [0.4, 0.5) is 28.9 Å². The van der Waals surface area contributed by atoms with Crippen LogP contribution >= 0.6 is 0 Å². The zero-order valence-electron chi connectivity index (χ0n) is 17.8. The van der Waals surface area contributed by atoms with Gasteiger partial charge >= 0.3 is 6.18 Å². The highest BCUT2D eigenvalue weighted by molar-refractivity contribution is 6.06. The first-order valence-corrected chi connectivity index (χ1v) is 9.96. The number of rotatable bonds is 6. The van der Waals surface area contributed by atoms with Crippen LogP contribution < -0.4 is 16.0 Å². The maximum atomic E-state index is 13.8. The molecular formula is C24H19F4N3O3. The predicted molar refractivity (Wildman–Crippen MR) is 118 cm³/mol. The number of carbonyl (C=O) groups excluding carboxylic acids is 3. The van der Waals surface area contributed by atoms with Crippen LogP contribution in [0.1, 0.15) is 38.8 Å². The second kappa shape index (κ2) is 10.2. The van der Waals surface area contributed by atoms with Crippen molar-refractivity contribution in [2.75, 3.05) is 10.6 Å². The van der Waals surface area contributed by atoms with E-state index in [-0.39, 0.29) is 29.3 Å². The van der Waals surface area contributed by atoms with Crippen LogP contribution in [0.5, 0.6) is 0 Å². The molecule has 6 nitrogen and oxygen atoms in total. The van der Waals surface area contributed by atoms with Crippen molar-refractivity contribution in [3.63, 3.8) is 0 Å². The van der Waals surface area contributed by atoms with Crippen molar-refractivity contribution in [2.24, 2.45) is 0 Å². The van der Waals surface area contributed by atoms with Gasteiger partial charge in [-0.1, -0.05) is 24.3 Å². The van der Waals surface area contributed by atoms with Gasteiger partial charge < -0.3 is 16.0 Å². The van der Waals surface area contributed by atoms with Gasteiger partial charge in [0.15, 0.2) is 0 Å². The lowest BCUT2D eigenvalue weighted by Crippen LogP contribution is -2.19. The average Bonchev–Trinajstić information content (AvgIpc) is 2.78. The van der Waals surface area contributed by atoms with E-state index in [9.17, 15) is 31.9 Å². The Hall–Kier alpha value is -4.21. The lowest BCUT2D eigenvalue weighted by Gasteiger charge is -2.16. The molecular weight excluding hydrogens is 454 g/mol. The summed E-state index contributed by atoms with van der Waals surface area (Å²) in [6.07, 6.45) is -4.84. The van der Waals surface area contributed by atoms with Crippen molar-refractivity contribution in [1.82, 2.24) is 5.32 Å². The number of anilines is 2. The first kappa shape index (κ1) is 24.4. The normalized spacial score (nSPS) is 11.0. The first-order valence-electron chi connectivity index (χ1n) is 9.96. The fourth-order valence-electron chi connectivity index (χ4n) is 3.00. The number of carbonyl (C=O) groups is 3. The number of alkyl halides is 3. The second-order valence-corrected chi connectivity index (χ2v) is 7.25. The molecule has 3 N–H and O–H groups in total. The van der Waals surface area contributed by atoms with E-state index in [1.165, 1.54) is 43.3 Å². The Bertz CT molecular complexity index is 1220. The molecule has 3 aromatic carbocycles. The molecule has 0 aliphatic heterocycles. The van der Waals surface area contributed by atoms with E-state index in [1.54, 1.807) is 12.1 Å². The smallest absolute Gasteiger partial charge is 0.352 e. The standard InChI is InChI=1S/C24H19F4N3O3/c1-14(32)29-13-15-6-8-16(9-7-15)22(33)31-21-11-10-17(12-19(21)24(26,27)28)30-23(34)18-4-2-3-5-20(18)25/h2-12H,13H2,1H3,(H,29,32)(H,30,34)(H,31,33). The van der Waals surface area contributed by atoms with Crippen LogP contribution in [-0.2, 0) is 17.5 Å². The first-order chi connectivity index (χ1) is 16.0. The maximum Gasteiger partial charge on any atom is 0.418 e. The van der Waals surface area contributed by atoms with E-state index >= 15 is 0 Å². The molecule has 0 aromatic heterocycles. The molecule has 3 aromatic rings. The number of hydrogen-bond acceptors (Lipinski definition) is 3. The van der Waals surface area contributed by atoms with Crippen LogP contribution in [0.3, 0.4) is 0 Å². The van der Waals surface area contributed by atoms with Crippen LogP contribution in [0.15, 0.2) is 66.7 Å². The molecule has 0 saturated heterocycles. The van der Waals surface area contributed by atoms with Crippen LogP contribution in [0.2, 0.25) is 0 Å². The summed E-state index contributed by atoms with van der Waals surface area (Å²) in [5.41, 5.74) is -1.43. The van der Waals surface area contributed by atoms with Crippen molar-refractivity contribution >= 4 is 29.1 Å². The lowest BCUT2D eigenvalue weighted by molar-refractivity contribution is -0.136. The predicted octanol–water partition coefficient (Wildman–Crippen LogP) is 4.99. The van der Waals surface area contributed by atoms with Crippen molar-refractivity contribution in [3.8, 4) is 0 Å². The number of nitrogens with one attached hydrogen (secondary N) is 3. The molecule has 0 radical (unpaired) electrons. The van der Waals surface area contributed by atoms with E-state index in [4.69, 9.17) is 0 Å². The van der Waals surface area contributed by atoms with Gasteiger partial charge in [0.2, 0.25) is 5.91 Å². The zero-order valence-corrected chi connectivity index (χ0v) is 17.8. The van der Waals surface area contributed by atoms with Crippen LogP contribution in [-0.4, -0.2) is 17.7 Å². The van der Waals surface area contributed by atoms with Gasteiger partial charge in [0.05, 0.1) is 16.8 Å². The Kier molecular flexibility index (Phi) is 7.30. The van der Waals surface area contributed by atoms with Crippen LogP contribution in [0, 0.1) is 5.82 Å². The summed E-state index contributed by atoms with van der Waals surface area (Å²) in [4.78, 5) is 35.7. The molecule has 0 heterocycles. The molecule has 0 saturated carbocycles. The zero-order chi connectivity index (χ0) is 24.9. The highest BCUT2D eigenvalue weighted by atomic mass is 19.4. The molecule has 0 aliphatic rings. The summed E-state index contributed by atoms with van der Waals surface area (Å²) in [6.45, 7) is 1.60. The fraction of sp³-hybridized carbons (Fsp3) is 0.125. The summed E-state index contributed by atoms with van der Waals surface area (Å²) >= 11 is 0. The maximum absolute atomic E-state index is 13.8. The lowest BCUT2D eigenvalue weighted by atomic mass is 10.1. The van der Waals surface area contributed by atoms with Gasteiger partial charge in [0.1, 0.15) is 5.82 Å². The number of hydrogen-bond donors (Lipinski definition) is 3. The largest absolute Gasteiger partial charge is 0.418 e. The molecule has 0 aliphatic carbocycles. The summed E-state index contributed by atoms with van der Waals surface area (Å²) in [6, 6.07) is 13.9. The van der Waals surface area contributed by atoms with E-state index in [2.05, 4.69) is 16.0 Å². The Labute approximate surface area is 192 Å². The van der Waals surface area contributed by atoms with E-state index in [1.807, 2.05) is 0 Å². The van der Waals surface area contributed by atoms with Crippen molar-refractivity contribution in [3.05, 3.63) is 94.8 Å². The van der Waals surface area contributed by atoms with Crippen LogP contribution in [0.25, 0.3) is 0 Å². The second-order valence-electron chi connectivity index (χ2n) is 7.25. The van der Waals surface area contributed by atoms with E-state index in [0.29, 0.717) is 11.6 Å². The van der Waals surface area contributed by atoms with E-state index in [0.717, 1.165) is 12.1 Å². The minimum atomic E-state index is -4.84. The SMILES string of the molecule is CC(=O)NCc1ccc(C(=O)Nc2ccc(NC(=O)c3ccccc3F)cc2C(F)(F)F)cc1. The van der Waals surface area contributed by atoms with Gasteiger partial charge in [-0.25, -0.2) is 4.39 Å². The molecule has 176 valence electrons. The number of halogens is 4. The third-order valence-electron chi connectivity index (χ3n) is 4.71. The molecule has 3 rings (SSSR count). The topological polar surface area (TPSA) is 87.3 Å². The van der Waals surface area contributed by atoms with Gasteiger partial charge in [-0.3, -0.25) is 14.4 Å². The molecule has 3 amide bonds. The van der Waals surface area contributed by atoms with Gasteiger partial charge in [-0.2, -0.15) is 13.2 Å². The monoisotopic (exact) mass is 473 g/mol. The van der Waals surface area contributed by atoms with Gasteiger partial charge in [0, 0.05) is 24.7 Å². The highest BCUT2D eigenvalue weighted by Crippen LogP contribution is 2.37. The fourth-order valence-corrected chi connectivity index (χ4v) is 3.00. The molecule has 0 atom stereocenters. The molecule has 0 spiro atoms. The molecule has 0 fully saturated rings. The Balaban J connectivity index is 1.79. The quantitative estimate of drug-likeness (QED) is 0.441. The summed E-state index contributed by atoms with van der Waals surface area (Å²) in [5, 5.41) is 7.04. The Morgan fingerprint density at radius 3 is 2.15 bits per heavy atom. The minimum absolute atomic E-state index is 0.108. The van der Waals surface area contributed by atoms with Crippen molar-refractivity contribution < 1.29 is 31.9 Å². The molecule has 0 unspecified atom stereocenters. The third kappa shape index (κ3) is 6.18. The Morgan fingerprint density at radius 1 is 0.853 bits per heavy atom. The van der Waals surface area contributed by atoms with Gasteiger partial charge in [-0.15, -0.1) is 0 Å². The summed E-state index contributed by atoms with van der Waals surface area (Å²) in [5.74, 6) is -2.74. The summed E-state index contributed by atoms with van der Waals surface area (Å²) in [7, 11) is 0. The van der Waals surface area contributed by atoms with Gasteiger partial charge in [-0.05, 0) is 48.0 Å². The van der Waals surface area contributed by atoms with Gasteiger partial charge in [0.25, 0.3) is 11.8 Å². The number of amides is 3. The Morgan fingerprint density at radius 2 is 1.53 bits per heavy atom. The molecule has 0 bridgehead atoms. The highest BCUT2D eigenvalue weighted by Gasteiger charge is 2.34. The molecule has 34 heavy (non-hydrogen) atoms. The summed E-state index contributed by atoms with van der Waals surface area (Å²) < 4.78 is 54.7. The minimum Gasteiger partial charge on any atom is -0.352 e. The van der Waals surface area contributed by atoms with Crippen molar-refractivity contribution in [2.45, 2.75) is 19.6 Å². The molecule has 10 heteroatoms. The number of benzene rings is 3. The van der Waals surface area contributed by atoms with Crippen molar-refractivity contribution in [1.29, 1.82) is 0 Å².